The molecule has 0 N–H and O–H groups in total. The molecule has 11 heteroatoms. The first-order valence-electron chi connectivity index (χ1n) is 12.2. The number of benzene rings is 2. The summed E-state index contributed by atoms with van der Waals surface area (Å²) in [5, 5.41) is 13.5. The van der Waals surface area contributed by atoms with Crippen LogP contribution in [0.5, 0.6) is 0 Å². The summed E-state index contributed by atoms with van der Waals surface area (Å²) in [4.78, 5) is 3.75. The van der Waals surface area contributed by atoms with E-state index < -0.39 is 10.0 Å². The molecule has 1 saturated heterocycles. The van der Waals surface area contributed by atoms with E-state index in [0.29, 0.717) is 25.7 Å². The highest BCUT2D eigenvalue weighted by molar-refractivity contribution is 7.89. The third kappa shape index (κ3) is 3.91. The Hall–Kier alpha value is -3.15. The molecule has 2 aliphatic rings. The first-order chi connectivity index (χ1) is 17.3. The van der Waals surface area contributed by atoms with E-state index in [0.717, 1.165) is 40.6 Å². The highest BCUT2D eigenvalue weighted by atomic mass is 32.2. The number of sulfonamides is 1. The van der Waals surface area contributed by atoms with Crippen molar-refractivity contribution in [3.8, 4) is 5.69 Å². The Labute approximate surface area is 209 Å². The Morgan fingerprint density at radius 1 is 1.03 bits per heavy atom. The standard InChI is InChI=1S/C25H28FN7O2S/c1-17-12-23-18(14-28-33(23)21-8-6-19(26)7-9-21)13-22(17)24-16-31(10-11-32(24)20-4-3-5-20)36(34,35)25-15-27-30(2)29-25/h6-9,12-15,20,24H,3-5,10-11,16H2,1-2H3. The predicted octanol–water partition coefficient (Wildman–Crippen LogP) is 3.20. The Balaban J connectivity index is 1.38. The zero-order valence-corrected chi connectivity index (χ0v) is 21.1. The number of halogens is 1. The zero-order valence-electron chi connectivity index (χ0n) is 20.2. The van der Waals surface area contributed by atoms with Crippen molar-refractivity contribution >= 4 is 20.9 Å². The van der Waals surface area contributed by atoms with E-state index in [1.807, 2.05) is 6.20 Å². The molecule has 0 spiro atoms. The quantitative estimate of drug-likeness (QED) is 0.411. The van der Waals surface area contributed by atoms with Crippen molar-refractivity contribution in [3.63, 3.8) is 0 Å². The predicted molar refractivity (Wildman–Crippen MR) is 133 cm³/mol. The Kier molecular flexibility index (Phi) is 5.66. The van der Waals surface area contributed by atoms with E-state index in [9.17, 15) is 12.8 Å². The third-order valence-corrected chi connectivity index (χ3v) is 9.22. The fraction of sp³-hybridized carbons (Fsp3) is 0.400. The monoisotopic (exact) mass is 509 g/mol. The zero-order chi connectivity index (χ0) is 25.0. The second-order valence-electron chi connectivity index (χ2n) is 9.67. The molecule has 1 unspecified atom stereocenters. The van der Waals surface area contributed by atoms with Gasteiger partial charge in [0, 0.05) is 44.2 Å². The van der Waals surface area contributed by atoms with Crippen molar-refractivity contribution in [2.24, 2.45) is 7.05 Å². The molecule has 36 heavy (non-hydrogen) atoms. The minimum absolute atomic E-state index is 0.0198. The summed E-state index contributed by atoms with van der Waals surface area (Å²) in [6.45, 7) is 3.51. The van der Waals surface area contributed by atoms with Crippen LogP contribution in [0.3, 0.4) is 0 Å². The molecule has 4 aromatic rings. The highest BCUT2D eigenvalue weighted by Crippen LogP contribution is 2.38. The molecule has 0 radical (unpaired) electrons. The molecule has 2 fully saturated rings. The molecule has 0 amide bonds. The van der Waals surface area contributed by atoms with Gasteiger partial charge in [0.15, 0.2) is 0 Å². The van der Waals surface area contributed by atoms with Crippen molar-refractivity contribution in [3.05, 3.63) is 65.7 Å². The van der Waals surface area contributed by atoms with Crippen LogP contribution >= 0.6 is 0 Å². The van der Waals surface area contributed by atoms with E-state index >= 15 is 0 Å². The highest BCUT2D eigenvalue weighted by Gasteiger charge is 2.40. The molecule has 1 atom stereocenters. The summed E-state index contributed by atoms with van der Waals surface area (Å²) in [6.07, 6.45) is 6.60. The van der Waals surface area contributed by atoms with Gasteiger partial charge in [-0.1, -0.05) is 6.42 Å². The van der Waals surface area contributed by atoms with Crippen LogP contribution in [0.25, 0.3) is 16.6 Å². The number of fused-ring (bicyclic) bond motifs is 1. The first-order valence-corrected chi connectivity index (χ1v) is 13.6. The van der Waals surface area contributed by atoms with E-state index in [2.05, 4.69) is 39.3 Å². The van der Waals surface area contributed by atoms with Gasteiger partial charge in [-0.25, -0.2) is 17.5 Å². The van der Waals surface area contributed by atoms with E-state index in [1.165, 1.54) is 29.5 Å². The second kappa shape index (κ2) is 8.75. The van der Waals surface area contributed by atoms with Crippen LogP contribution in [-0.4, -0.2) is 68.1 Å². The molecule has 1 saturated carbocycles. The van der Waals surface area contributed by atoms with E-state index in [1.54, 1.807) is 28.2 Å². The van der Waals surface area contributed by atoms with Crippen LogP contribution < -0.4 is 0 Å². The molecule has 188 valence electrons. The molecule has 6 rings (SSSR count). The summed E-state index contributed by atoms with van der Waals surface area (Å²) in [5.41, 5.74) is 3.89. The Morgan fingerprint density at radius 3 is 2.47 bits per heavy atom. The molecular weight excluding hydrogens is 481 g/mol. The molecule has 9 nitrogen and oxygen atoms in total. The van der Waals surface area contributed by atoms with Crippen molar-refractivity contribution in [1.82, 2.24) is 34.0 Å². The number of piperazine rings is 1. The number of aryl methyl sites for hydroxylation is 2. The lowest BCUT2D eigenvalue weighted by molar-refractivity contribution is 0.0359. The molecular formula is C25H28FN7O2S. The van der Waals surface area contributed by atoms with Gasteiger partial charge < -0.3 is 0 Å². The molecule has 0 bridgehead atoms. The van der Waals surface area contributed by atoms with Gasteiger partial charge in [-0.2, -0.15) is 19.3 Å². The lowest BCUT2D eigenvalue weighted by atomic mass is 9.87. The van der Waals surface area contributed by atoms with Gasteiger partial charge in [0.1, 0.15) is 5.82 Å². The fourth-order valence-electron chi connectivity index (χ4n) is 5.34. The van der Waals surface area contributed by atoms with Gasteiger partial charge in [0.25, 0.3) is 10.0 Å². The van der Waals surface area contributed by atoms with Gasteiger partial charge in [0.2, 0.25) is 5.03 Å². The average Bonchev–Trinajstić information content (AvgIpc) is 3.45. The minimum atomic E-state index is -3.75. The summed E-state index contributed by atoms with van der Waals surface area (Å²) >= 11 is 0. The van der Waals surface area contributed by atoms with Crippen molar-refractivity contribution in [1.29, 1.82) is 0 Å². The second-order valence-corrected chi connectivity index (χ2v) is 11.6. The smallest absolute Gasteiger partial charge is 0.264 e. The SMILES string of the molecule is Cc1cc2c(cnn2-c2ccc(F)cc2)cc1C1CN(S(=O)(=O)c2cnn(C)n2)CCN1C1CCC1. The lowest BCUT2D eigenvalue weighted by Gasteiger charge is -2.48. The molecule has 3 heterocycles. The number of hydrogen-bond donors (Lipinski definition) is 0. The van der Waals surface area contributed by atoms with Crippen LogP contribution in [0.1, 0.15) is 36.4 Å². The summed E-state index contributed by atoms with van der Waals surface area (Å²) in [7, 11) is -2.13. The van der Waals surface area contributed by atoms with Crippen molar-refractivity contribution < 1.29 is 12.8 Å². The average molecular weight is 510 g/mol. The number of aromatic nitrogens is 5. The van der Waals surface area contributed by atoms with Crippen LogP contribution in [0.2, 0.25) is 0 Å². The van der Waals surface area contributed by atoms with Crippen molar-refractivity contribution in [2.45, 2.75) is 43.3 Å². The Morgan fingerprint density at radius 2 is 1.81 bits per heavy atom. The first kappa shape index (κ1) is 23.3. The van der Waals surface area contributed by atoms with Crippen LogP contribution in [0.15, 0.2) is 53.8 Å². The maximum Gasteiger partial charge on any atom is 0.264 e. The number of rotatable bonds is 5. The summed E-state index contributed by atoms with van der Waals surface area (Å²) in [6, 6.07) is 10.9. The van der Waals surface area contributed by atoms with Gasteiger partial charge in [-0.05, 0) is 67.3 Å². The topological polar surface area (TPSA) is 89.2 Å². The Bertz CT molecular complexity index is 1530. The maximum absolute atomic E-state index is 13.4. The number of hydrogen-bond acceptors (Lipinski definition) is 6. The van der Waals surface area contributed by atoms with Crippen LogP contribution in [0.4, 0.5) is 4.39 Å². The number of nitrogens with zero attached hydrogens (tertiary/aromatic N) is 7. The van der Waals surface area contributed by atoms with Gasteiger partial charge in [-0.3, -0.25) is 4.90 Å². The van der Waals surface area contributed by atoms with Crippen LogP contribution in [0, 0.1) is 12.7 Å². The normalized spacial score (nSPS) is 20.1. The lowest BCUT2D eigenvalue weighted by Crippen LogP contribution is -2.55. The molecule has 2 aromatic heterocycles. The van der Waals surface area contributed by atoms with Gasteiger partial charge in [-0.15, -0.1) is 5.10 Å². The third-order valence-electron chi connectivity index (χ3n) is 7.50. The molecule has 2 aromatic carbocycles. The van der Waals surface area contributed by atoms with E-state index in [4.69, 9.17) is 0 Å². The largest absolute Gasteiger partial charge is 0.291 e. The maximum atomic E-state index is 13.4. The van der Waals surface area contributed by atoms with Gasteiger partial charge >= 0.3 is 0 Å². The van der Waals surface area contributed by atoms with E-state index in [-0.39, 0.29) is 16.9 Å². The van der Waals surface area contributed by atoms with Crippen molar-refractivity contribution in [2.75, 3.05) is 19.6 Å². The fourth-order valence-corrected chi connectivity index (χ4v) is 6.67. The van der Waals surface area contributed by atoms with Crippen LogP contribution in [-0.2, 0) is 17.1 Å². The minimum Gasteiger partial charge on any atom is -0.291 e. The summed E-state index contributed by atoms with van der Waals surface area (Å²) in [5.74, 6) is -0.289. The molecule has 1 aliphatic heterocycles. The van der Waals surface area contributed by atoms with Gasteiger partial charge in [0.05, 0.1) is 23.6 Å². The summed E-state index contributed by atoms with van der Waals surface area (Å²) < 4.78 is 43.5. The molecule has 1 aliphatic carbocycles.